The lowest BCUT2D eigenvalue weighted by Gasteiger charge is -2.05. The van der Waals surface area contributed by atoms with Crippen LogP contribution in [0.2, 0.25) is 5.02 Å². The summed E-state index contributed by atoms with van der Waals surface area (Å²) in [6, 6.07) is 4.99. The van der Waals surface area contributed by atoms with Crippen LogP contribution < -0.4 is 5.73 Å². The van der Waals surface area contributed by atoms with Crippen molar-refractivity contribution in [1.82, 2.24) is 0 Å². The fourth-order valence-corrected chi connectivity index (χ4v) is 2.50. The Balaban J connectivity index is 2.68. The minimum absolute atomic E-state index is 0.441. The van der Waals surface area contributed by atoms with Crippen LogP contribution >= 0.6 is 11.6 Å². The Morgan fingerprint density at radius 1 is 1.53 bits per heavy atom. The van der Waals surface area contributed by atoms with Crippen molar-refractivity contribution in [2.75, 3.05) is 24.7 Å². The van der Waals surface area contributed by atoms with E-state index in [1.165, 1.54) is 0 Å². The minimum Gasteiger partial charge on any atom is -0.399 e. The summed E-state index contributed by atoms with van der Waals surface area (Å²) >= 11 is 5.91. The van der Waals surface area contributed by atoms with Crippen molar-refractivity contribution in [2.24, 2.45) is 0 Å². The Labute approximate surface area is 97.0 Å². The first kappa shape index (κ1) is 12.5. The van der Waals surface area contributed by atoms with Crippen molar-refractivity contribution in [1.29, 1.82) is 0 Å². The van der Waals surface area contributed by atoms with Gasteiger partial charge in [0.15, 0.2) is 0 Å². The molecule has 0 fully saturated rings. The molecule has 1 aromatic carbocycles. The number of rotatable bonds is 5. The topological polar surface area (TPSA) is 52.3 Å². The Morgan fingerprint density at radius 2 is 2.27 bits per heavy atom. The predicted molar refractivity (Wildman–Crippen MR) is 63.6 cm³/mol. The van der Waals surface area contributed by atoms with Crippen molar-refractivity contribution in [3.63, 3.8) is 0 Å². The molecule has 0 aliphatic rings. The molecule has 1 aromatic rings. The first-order valence-corrected chi connectivity index (χ1v) is 6.36. The molecule has 0 radical (unpaired) electrons. The van der Waals surface area contributed by atoms with E-state index in [-0.39, 0.29) is 0 Å². The summed E-state index contributed by atoms with van der Waals surface area (Å²) in [6.07, 6.45) is 0. The van der Waals surface area contributed by atoms with Gasteiger partial charge in [-0.3, -0.25) is 4.21 Å². The molecule has 1 unspecified atom stereocenters. The van der Waals surface area contributed by atoms with Crippen LogP contribution in [0.4, 0.5) is 5.69 Å². The molecule has 0 amide bonds. The molecule has 0 saturated carbocycles. The van der Waals surface area contributed by atoms with Gasteiger partial charge in [0.25, 0.3) is 0 Å². The van der Waals surface area contributed by atoms with Gasteiger partial charge >= 0.3 is 0 Å². The van der Waals surface area contributed by atoms with E-state index >= 15 is 0 Å². The Bertz CT molecular complexity index is 357. The third kappa shape index (κ3) is 3.81. The van der Waals surface area contributed by atoms with Gasteiger partial charge in [-0.15, -0.1) is 0 Å². The van der Waals surface area contributed by atoms with Gasteiger partial charge in [-0.2, -0.15) is 0 Å². The number of hydrogen-bond acceptors (Lipinski definition) is 3. The van der Waals surface area contributed by atoms with Crippen molar-refractivity contribution < 1.29 is 8.95 Å². The molecular weight excluding hydrogens is 234 g/mol. The molecule has 0 bridgehead atoms. The van der Waals surface area contributed by atoms with Crippen molar-refractivity contribution >= 4 is 28.1 Å². The van der Waals surface area contributed by atoms with Gasteiger partial charge in [0.2, 0.25) is 0 Å². The molecule has 1 rings (SSSR count). The molecule has 0 saturated heterocycles. The van der Waals surface area contributed by atoms with Gasteiger partial charge in [0.05, 0.1) is 33.1 Å². The lowest BCUT2D eigenvalue weighted by Crippen LogP contribution is -2.07. The molecule has 3 nitrogen and oxygen atoms in total. The Hall–Kier alpha value is -0.580. The number of benzene rings is 1. The second kappa shape index (κ2) is 6.10. The lowest BCUT2D eigenvalue weighted by atomic mass is 10.3. The highest BCUT2D eigenvalue weighted by Crippen LogP contribution is 2.22. The number of halogens is 1. The van der Waals surface area contributed by atoms with Gasteiger partial charge in [0.1, 0.15) is 0 Å². The van der Waals surface area contributed by atoms with Crippen LogP contribution in [0.1, 0.15) is 6.92 Å². The molecule has 5 heteroatoms. The van der Waals surface area contributed by atoms with Gasteiger partial charge in [-0.1, -0.05) is 11.6 Å². The van der Waals surface area contributed by atoms with Crippen LogP contribution in [0.15, 0.2) is 23.1 Å². The third-order valence-corrected chi connectivity index (χ3v) is 3.63. The molecule has 2 N–H and O–H groups in total. The van der Waals surface area contributed by atoms with E-state index in [1.807, 2.05) is 6.92 Å². The van der Waals surface area contributed by atoms with Crippen LogP contribution in [0.5, 0.6) is 0 Å². The van der Waals surface area contributed by atoms with E-state index in [0.29, 0.717) is 34.6 Å². The summed E-state index contributed by atoms with van der Waals surface area (Å²) in [5, 5.41) is 0.485. The lowest BCUT2D eigenvalue weighted by molar-refractivity contribution is 0.164. The van der Waals surface area contributed by atoms with E-state index in [0.717, 1.165) is 0 Å². The monoisotopic (exact) mass is 247 g/mol. The van der Waals surface area contributed by atoms with Gasteiger partial charge in [0, 0.05) is 12.3 Å². The van der Waals surface area contributed by atoms with Crippen molar-refractivity contribution in [3.05, 3.63) is 23.2 Å². The summed E-state index contributed by atoms with van der Waals surface area (Å²) in [5.74, 6) is 0.441. The SMILES string of the molecule is CCOCCS(=O)c1cc(N)ccc1Cl. The molecule has 15 heavy (non-hydrogen) atoms. The molecular formula is C10H14ClNO2S. The minimum atomic E-state index is -1.14. The number of ether oxygens (including phenoxy) is 1. The summed E-state index contributed by atoms with van der Waals surface area (Å²) in [6.45, 7) is 2.99. The predicted octanol–water partition coefficient (Wildman–Crippen LogP) is 2.07. The summed E-state index contributed by atoms with van der Waals surface area (Å²) in [4.78, 5) is 0.580. The summed E-state index contributed by atoms with van der Waals surface area (Å²) in [7, 11) is -1.14. The molecule has 0 aromatic heterocycles. The van der Waals surface area contributed by atoms with Gasteiger partial charge in [-0.25, -0.2) is 0 Å². The van der Waals surface area contributed by atoms with E-state index in [4.69, 9.17) is 22.1 Å². The smallest absolute Gasteiger partial charge is 0.0595 e. The van der Waals surface area contributed by atoms with Crippen LogP contribution in [-0.4, -0.2) is 23.2 Å². The standard InChI is InChI=1S/C10H14ClNO2S/c1-2-14-5-6-15(13)10-7-8(12)3-4-9(10)11/h3-4,7H,2,5-6,12H2,1H3. The normalized spacial score (nSPS) is 12.7. The summed E-state index contributed by atoms with van der Waals surface area (Å²) < 4.78 is 16.9. The quantitative estimate of drug-likeness (QED) is 0.640. The first-order chi connectivity index (χ1) is 7.15. The zero-order valence-electron chi connectivity index (χ0n) is 8.53. The van der Waals surface area contributed by atoms with Crippen LogP contribution in [0, 0.1) is 0 Å². The average Bonchev–Trinajstić information content (AvgIpc) is 2.22. The summed E-state index contributed by atoms with van der Waals surface area (Å²) in [5.41, 5.74) is 6.16. The third-order valence-electron chi connectivity index (χ3n) is 1.82. The molecule has 0 spiro atoms. The maximum absolute atomic E-state index is 11.8. The molecule has 0 aliphatic heterocycles. The maximum atomic E-state index is 11.8. The average molecular weight is 248 g/mol. The fourth-order valence-electron chi connectivity index (χ4n) is 1.08. The fraction of sp³-hybridized carbons (Fsp3) is 0.400. The highest BCUT2D eigenvalue weighted by atomic mass is 35.5. The van der Waals surface area contributed by atoms with Crippen molar-refractivity contribution in [3.8, 4) is 0 Å². The maximum Gasteiger partial charge on any atom is 0.0595 e. The second-order valence-electron chi connectivity index (χ2n) is 2.94. The van der Waals surface area contributed by atoms with E-state index < -0.39 is 10.8 Å². The highest BCUT2D eigenvalue weighted by molar-refractivity contribution is 7.85. The van der Waals surface area contributed by atoms with E-state index in [1.54, 1.807) is 18.2 Å². The molecule has 0 heterocycles. The molecule has 0 aliphatic carbocycles. The molecule has 1 atom stereocenters. The number of nitrogen functional groups attached to an aromatic ring is 1. The largest absolute Gasteiger partial charge is 0.399 e. The zero-order chi connectivity index (χ0) is 11.3. The van der Waals surface area contributed by atoms with Gasteiger partial charge in [-0.05, 0) is 25.1 Å². The Kier molecular flexibility index (Phi) is 5.08. The van der Waals surface area contributed by atoms with Crippen LogP contribution in [-0.2, 0) is 15.5 Å². The molecule has 84 valence electrons. The van der Waals surface area contributed by atoms with E-state index in [2.05, 4.69) is 0 Å². The zero-order valence-corrected chi connectivity index (χ0v) is 10.1. The number of anilines is 1. The van der Waals surface area contributed by atoms with Crippen LogP contribution in [0.3, 0.4) is 0 Å². The van der Waals surface area contributed by atoms with Crippen LogP contribution in [0.25, 0.3) is 0 Å². The first-order valence-electron chi connectivity index (χ1n) is 4.66. The number of hydrogen-bond donors (Lipinski definition) is 1. The number of nitrogens with two attached hydrogens (primary N) is 1. The van der Waals surface area contributed by atoms with Gasteiger partial charge < -0.3 is 10.5 Å². The second-order valence-corrected chi connectivity index (χ2v) is 4.88. The van der Waals surface area contributed by atoms with Crippen molar-refractivity contribution in [2.45, 2.75) is 11.8 Å². The Morgan fingerprint density at radius 3 is 2.93 bits per heavy atom. The van der Waals surface area contributed by atoms with E-state index in [9.17, 15) is 4.21 Å². The highest BCUT2D eigenvalue weighted by Gasteiger charge is 2.08.